The summed E-state index contributed by atoms with van der Waals surface area (Å²) in [6.45, 7) is 1.99. The molecule has 0 bridgehead atoms. The van der Waals surface area contributed by atoms with Gasteiger partial charge in [0.1, 0.15) is 5.82 Å². The van der Waals surface area contributed by atoms with Crippen molar-refractivity contribution >= 4 is 17.5 Å². The van der Waals surface area contributed by atoms with Gasteiger partial charge in [-0.25, -0.2) is 4.39 Å². The fourth-order valence-corrected chi connectivity index (χ4v) is 4.21. The average molecular weight is 383 g/mol. The number of amides is 2. The zero-order chi connectivity index (χ0) is 19.6. The first-order valence-electron chi connectivity index (χ1n) is 9.41. The summed E-state index contributed by atoms with van der Waals surface area (Å²) < 4.78 is 18.7. The van der Waals surface area contributed by atoms with Crippen LogP contribution in [0.25, 0.3) is 0 Å². The number of hydrogen-bond acceptors (Lipinski definition) is 4. The SMILES string of the molecule is O=C(Nc1cccnc1)[C@H]1CN(C(=O)c2ccc(F)cc2)CC12CCOCC2. The van der Waals surface area contributed by atoms with Crippen LogP contribution in [0.2, 0.25) is 0 Å². The van der Waals surface area contributed by atoms with Crippen molar-refractivity contribution in [3.05, 3.63) is 60.2 Å². The molecular formula is C21H22FN3O3. The van der Waals surface area contributed by atoms with Gasteiger partial charge in [-0.2, -0.15) is 0 Å². The molecule has 0 saturated carbocycles. The lowest BCUT2D eigenvalue weighted by atomic mass is 9.71. The summed E-state index contributed by atoms with van der Waals surface area (Å²) in [6, 6.07) is 9.08. The topological polar surface area (TPSA) is 71.5 Å². The summed E-state index contributed by atoms with van der Waals surface area (Å²) >= 11 is 0. The van der Waals surface area contributed by atoms with Gasteiger partial charge in [0.25, 0.3) is 5.91 Å². The molecule has 146 valence electrons. The number of likely N-dealkylation sites (tertiary alicyclic amines) is 1. The average Bonchev–Trinajstić information content (AvgIpc) is 3.08. The molecule has 6 nitrogen and oxygen atoms in total. The lowest BCUT2D eigenvalue weighted by Crippen LogP contribution is -2.42. The lowest BCUT2D eigenvalue weighted by Gasteiger charge is -2.37. The number of carbonyl (C=O) groups excluding carboxylic acids is 2. The third-order valence-electron chi connectivity index (χ3n) is 5.76. The molecule has 4 rings (SSSR count). The molecule has 1 atom stereocenters. The van der Waals surface area contributed by atoms with Crippen LogP contribution in [0, 0.1) is 17.2 Å². The number of ether oxygens (including phenoxy) is 1. The summed E-state index contributed by atoms with van der Waals surface area (Å²) in [5.74, 6) is -1.000. The normalized spacial score (nSPS) is 20.9. The summed E-state index contributed by atoms with van der Waals surface area (Å²) in [5.41, 5.74) is 0.759. The Labute approximate surface area is 162 Å². The van der Waals surface area contributed by atoms with E-state index in [2.05, 4.69) is 10.3 Å². The van der Waals surface area contributed by atoms with Gasteiger partial charge in [0.2, 0.25) is 5.91 Å². The van der Waals surface area contributed by atoms with Crippen LogP contribution in [0.3, 0.4) is 0 Å². The Morgan fingerprint density at radius 2 is 1.93 bits per heavy atom. The molecule has 3 heterocycles. The standard InChI is InChI=1S/C21H22FN3O3/c22-16-5-3-15(4-6-16)20(27)25-13-18(21(14-25)7-10-28-11-8-21)19(26)24-17-2-1-9-23-12-17/h1-6,9,12,18H,7-8,10-11,13-14H2,(H,24,26)/t18-/m1/s1. The van der Waals surface area contributed by atoms with Crippen LogP contribution in [0.15, 0.2) is 48.8 Å². The van der Waals surface area contributed by atoms with E-state index in [0.29, 0.717) is 37.6 Å². The van der Waals surface area contributed by atoms with E-state index in [-0.39, 0.29) is 29.0 Å². The van der Waals surface area contributed by atoms with Crippen molar-refractivity contribution in [3.8, 4) is 0 Å². The maximum absolute atomic E-state index is 13.2. The molecule has 2 saturated heterocycles. The Morgan fingerprint density at radius 3 is 2.61 bits per heavy atom. The number of rotatable bonds is 3. The van der Waals surface area contributed by atoms with Crippen LogP contribution in [0.5, 0.6) is 0 Å². The highest BCUT2D eigenvalue weighted by atomic mass is 19.1. The Kier molecular flexibility index (Phi) is 5.09. The molecule has 2 aliphatic rings. The zero-order valence-electron chi connectivity index (χ0n) is 15.4. The predicted octanol–water partition coefficient (Wildman–Crippen LogP) is 2.73. The van der Waals surface area contributed by atoms with Crippen LogP contribution in [0.1, 0.15) is 23.2 Å². The van der Waals surface area contributed by atoms with Gasteiger partial charge in [-0.3, -0.25) is 14.6 Å². The van der Waals surface area contributed by atoms with Gasteiger partial charge < -0.3 is 15.0 Å². The van der Waals surface area contributed by atoms with Gasteiger partial charge in [0.05, 0.1) is 17.8 Å². The van der Waals surface area contributed by atoms with E-state index in [1.807, 2.05) is 0 Å². The number of benzene rings is 1. The van der Waals surface area contributed by atoms with Crippen LogP contribution in [0.4, 0.5) is 10.1 Å². The van der Waals surface area contributed by atoms with Gasteiger partial charge in [-0.1, -0.05) is 0 Å². The van der Waals surface area contributed by atoms with E-state index in [9.17, 15) is 14.0 Å². The van der Waals surface area contributed by atoms with Crippen molar-refractivity contribution < 1.29 is 18.7 Å². The number of aromatic nitrogens is 1. The van der Waals surface area contributed by atoms with Crippen LogP contribution >= 0.6 is 0 Å². The summed E-state index contributed by atoms with van der Waals surface area (Å²) in [5, 5.41) is 2.93. The van der Waals surface area contributed by atoms with Crippen molar-refractivity contribution in [3.63, 3.8) is 0 Å². The van der Waals surface area contributed by atoms with Crippen molar-refractivity contribution in [1.29, 1.82) is 0 Å². The van der Waals surface area contributed by atoms with Gasteiger partial charge in [-0.15, -0.1) is 0 Å². The van der Waals surface area contributed by atoms with Crippen molar-refractivity contribution in [1.82, 2.24) is 9.88 Å². The molecule has 1 N–H and O–H groups in total. The first kappa shape index (κ1) is 18.6. The molecule has 0 aliphatic carbocycles. The number of anilines is 1. The smallest absolute Gasteiger partial charge is 0.253 e. The van der Waals surface area contributed by atoms with Crippen molar-refractivity contribution in [2.45, 2.75) is 12.8 Å². The minimum atomic E-state index is -0.382. The minimum absolute atomic E-state index is 0.107. The summed E-state index contributed by atoms with van der Waals surface area (Å²) in [7, 11) is 0. The highest BCUT2D eigenvalue weighted by Gasteiger charge is 2.51. The van der Waals surface area contributed by atoms with E-state index in [1.54, 1.807) is 29.4 Å². The maximum atomic E-state index is 13.2. The number of nitrogens with zero attached hydrogens (tertiary/aromatic N) is 2. The van der Waals surface area contributed by atoms with Gasteiger partial charge in [-0.05, 0) is 49.2 Å². The second-order valence-corrected chi connectivity index (χ2v) is 7.45. The number of pyridine rings is 1. The molecular weight excluding hydrogens is 361 g/mol. The molecule has 1 aromatic carbocycles. The summed E-state index contributed by atoms with van der Waals surface area (Å²) in [4.78, 5) is 31.8. The third kappa shape index (κ3) is 3.62. The first-order chi connectivity index (χ1) is 13.6. The highest BCUT2D eigenvalue weighted by Crippen LogP contribution is 2.45. The van der Waals surface area contributed by atoms with E-state index in [1.165, 1.54) is 24.3 Å². The van der Waals surface area contributed by atoms with Crippen molar-refractivity contribution in [2.24, 2.45) is 11.3 Å². The number of nitrogens with one attached hydrogen (secondary N) is 1. The third-order valence-corrected chi connectivity index (χ3v) is 5.76. The predicted molar refractivity (Wildman–Crippen MR) is 101 cm³/mol. The molecule has 2 aromatic rings. The number of hydrogen-bond donors (Lipinski definition) is 1. The van der Waals surface area contributed by atoms with E-state index >= 15 is 0 Å². The van der Waals surface area contributed by atoms with Gasteiger partial charge >= 0.3 is 0 Å². The van der Waals surface area contributed by atoms with Crippen molar-refractivity contribution in [2.75, 3.05) is 31.6 Å². The van der Waals surface area contributed by atoms with Crippen LogP contribution < -0.4 is 5.32 Å². The molecule has 1 spiro atoms. The number of halogens is 1. The summed E-state index contributed by atoms with van der Waals surface area (Å²) in [6.07, 6.45) is 4.70. The van der Waals surface area contributed by atoms with E-state index in [0.717, 1.165) is 12.8 Å². The first-order valence-corrected chi connectivity index (χ1v) is 9.41. The molecule has 28 heavy (non-hydrogen) atoms. The molecule has 2 aliphatic heterocycles. The maximum Gasteiger partial charge on any atom is 0.253 e. The highest BCUT2D eigenvalue weighted by molar-refractivity contribution is 5.97. The Bertz CT molecular complexity index is 851. The minimum Gasteiger partial charge on any atom is -0.381 e. The molecule has 0 unspecified atom stereocenters. The van der Waals surface area contributed by atoms with E-state index in [4.69, 9.17) is 4.74 Å². The fraction of sp³-hybridized carbons (Fsp3) is 0.381. The monoisotopic (exact) mass is 383 g/mol. The van der Waals surface area contributed by atoms with Gasteiger partial charge in [0, 0.05) is 43.5 Å². The Morgan fingerprint density at radius 1 is 1.18 bits per heavy atom. The van der Waals surface area contributed by atoms with Crippen LogP contribution in [-0.4, -0.2) is 48.0 Å². The Hall–Kier alpha value is -2.80. The number of carbonyl (C=O) groups is 2. The Balaban J connectivity index is 1.56. The molecule has 7 heteroatoms. The second-order valence-electron chi connectivity index (χ2n) is 7.45. The van der Waals surface area contributed by atoms with Crippen LogP contribution in [-0.2, 0) is 9.53 Å². The molecule has 1 aromatic heterocycles. The van der Waals surface area contributed by atoms with Gasteiger partial charge in [0.15, 0.2) is 0 Å². The zero-order valence-corrected chi connectivity index (χ0v) is 15.4. The molecule has 2 fully saturated rings. The lowest BCUT2D eigenvalue weighted by molar-refractivity contribution is -0.124. The fourth-order valence-electron chi connectivity index (χ4n) is 4.21. The molecule has 2 amide bonds. The molecule has 0 radical (unpaired) electrons. The quantitative estimate of drug-likeness (QED) is 0.885. The second kappa shape index (κ2) is 7.67. The van der Waals surface area contributed by atoms with E-state index < -0.39 is 0 Å². The largest absolute Gasteiger partial charge is 0.381 e.